The maximum Gasteiger partial charge on any atom is 0.407 e. The van der Waals surface area contributed by atoms with Crippen LogP contribution in [-0.4, -0.2) is 74.8 Å². The number of nitrogens with zero attached hydrogens (tertiary/aromatic N) is 4. The molecule has 1 saturated heterocycles. The molecule has 0 spiro atoms. The topological polar surface area (TPSA) is 96.8 Å². The molecule has 2 aliphatic rings. The summed E-state index contributed by atoms with van der Waals surface area (Å²) in [6.45, 7) is 13.8. The predicted octanol–water partition coefficient (Wildman–Crippen LogP) is 2.05. The normalized spacial score (nSPS) is 20.8. The zero-order chi connectivity index (χ0) is 23.0. The van der Waals surface area contributed by atoms with Gasteiger partial charge in [0, 0.05) is 39.6 Å². The van der Waals surface area contributed by atoms with Gasteiger partial charge in [-0.2, -0.15) is 5.10 Å². The van der Waals surface area contributed by atoms with Crippen LogP contribution in [0.25, 0.3) is 0 Å². The van der Waals surface area contributed by atoms with Crippen LogP contribution in [0.1, 0.15) is 64.0 Å². The summed E-state index contributed by atoms with van der Waals surface area (Å²) in [7, 11) is 0. The van der Waals surface area contributed by atoms with Crippen molar-refractivity contribution in [1.29, 1.82) is 0 Å². The van der Waals surface area contributed by atoms with Crippen molar-refractivity contribution >= 4 is 17.9 Å². The smallest absolute Gasteiger partial charge is 0.407 e. The van der Waals surface area contributed by atoms with Crippen molar-refractivity contribution < 1.29 is 19.1 Å². The van der Waals surface area contributed by atoms with Gasteiger partial charge < -0.3 is 19.9 Å². The van der Waals surface area contributed by atoms with Crippen molar-refractivity contribution in [2.45, 2.75) is 72.1 Å². The minimum absolute atomic E-state index is 0.0309. The zero-order valence-electron chi connectivity index (χ0n) is 19.5. The maximum absolute atomic E-state index is 13.4. The SMILES string of the molecule is CC(=O)N1CCN(C(=O)c2cnn3c2CC(CNC(=O)OC(C)(C)C)CC3)C(C)(C)C1. The summed E-state index contributed by atoms with van der Waals surface area (Å²) in [5.74, 6) is 0.199. The van der Waals surface area contributed by atoms with Crippen molar-refractivity contribution in [3.8, 4) is 0 Å². The largest absolute Gasteiger partial charge is 0.444 e. The molecule has 1 atom stereocenters. The molecule has 3 amide bonds. The Kier molecular flexibility index (Phi) is 6.34. The van der Waals surface area contributed by atoms with E-state index >= 15 is 0 Å². The van der Waals surface area contributed by atoms with E-state index in [-0.39, 0.29) is 17.7 Å². The van der Waals surface area contributed by atoms with E-state index < -0.39 is 17.2 Å². The van der Waals surface area contributed by atoms with Gasteiger partial charge in [-0.25, -0.2) is 4.79 Å². The average Bonchev–Trinajstić information content (AvgIpc) is 3.07. The molecule has 0 radical (unpaired) electrons. The molecule has 0 bridgehead atoms. The summed E-state index contributed by atoms with van der Waals surface area (Å²) in [5, 5.41) is 7.28. The summed E-state index contributed by atoms with van der Waals surface area (Å²) >= 11 is 0. The van der Waals surface area contributed by atoms with Crippen LogP contribution in [0, 0.1) is 5.92 Å². The second-order valence-corrected chi connectivity index (χ2v) is 10.2. The number of piperazine rings is 1. The number of amides is 3. The number of ether oxygens (including phenoxy) is 1. The fraction of sp³-hybridized carbons (Fsp3) is 0.727. The van der Waals surface area contributed by atoms with E-state index in [1.165, 1.54) is 0 Å². The number of carbonyl (C=O) groups excluding carboxylic acids is 3. The lowest BCUT2D eigenvalue weighted by Crippen LogP contribution is -2.61. The van der Waals surface area contributed by atoms with Crippen LogP contribution in [0.3, 0.4) is 0 Å². The molecule has 3 heterocycles. The van der Waals surface area contributed by atoms with Crippen LogP contribution in [0.4, 0.5) is 4.79 Å². The molecule has 9 nitrogen and oxygen atoms in total. The van der Waals surface area contributed by atoms with Crippen molar-refractivity contribution in [2.75, 3.05) is 26.2 Å². The average molecular weight is 434 g/mol. The van der Waals surface area contributed by atoms with Gasteiger partial charge in [-0.15, -0.1) is 0 Å². The molecule has 9 heteroatoms. The number of nitrogens with one attached hydrogen (secondary N) is 1. The third-order valence-electron chi connectivity index (χ3n) is 5.94. The fourth-order valence-corrected chi connectivity index (χ4v) is 4.34. The molecular formula is C22H35N5O4. The van der Waals surface area contributed by atoms with Crippen molar-refractivity contribution in [2.24, 2.45) is 5.92 Å². The Balaban J connectivity index is 1.67. The van der Waals surface area contributed by atoms with Crippen LogP contribution in [0.2, 0.25) is 0 Å². The summed E-state index contributed by atoms with van der Waals surface area (Å²) < 4.78 is 7.22. The number of fused-ring (bicyclic) bond motifs is 1. The van der Waals surface area contributed by atoms with Gasteiger partial charge in [0.15, 0.2) is 0 Å². The Hall–Kier alpha value is -2.58. The summed E-state index contributed by atoms with van der Waals surface area (Å²) in [5.41, 5.74) is 0.541. The minimum Gasteiger partial charge on any atom is -0.444 e. The highest BCUT2D eigenvalue weighted by Gasteiger charge is 2.39. The summed E-state index contributed by atoms with van der Waals surface area (Å²) in [4.78, 5) is 40.8. The van der Waals surface area contributed by atoms with Crippen LogP contribution in [0.15, 0.2) is 6.20 Å². The van der Waals surface area contributed by atoms with Crippen LogP contribution < -0.4 is 5.32 Å². The highest BCUT2D eigenvalue weighted by Crippen LogP contribution is 2.28. The van der Waals surface area contributed by atoms with E-state index in [0.29, 0.717) is 44.7 Å². The fourth-order valence-electron chi connectivity index (χ4n) is 4.34. The Morgan fingerprint density at radius 2 is 1.94 bits per heavy atom. The first-order chi connectivity index (χ1) is 14.4. The van der Waals surface area contributed by atoms with E-state index in [1.54, 1.807) is 18.0 Å². The molecule has 0 aliphatic carbocycles. The van der Waals surface area contributed by atoms with Gasteiger partial charge >= 0.3 is 6.09 Å². The zero-order valence-corrected chi connectivity index (χ0v) is 19.5. The molecule has 1 fully saturated rings. The molecule has 31 heavy (non-hydrogen) atoms. The first-order valence-electron chi connectivity index (χ1n) is 11.0. The lowest BCUT2D eigenvalue weighted by molar-refractivity contribution is -0.133. The number of hydrogen-bond donors (Lipinski definition) is 1. The highest BCUT2D eigenvalue weighted by atomic mass is 16.6. The minimum atomic E-state index is -0.534. The standard InChI is InChI=1S/C22H35N5O4/c1-15(28)25-9-10-26(22(5,6)14-25)19(29)17-13-24-27-8-7-16(11-18(17)27)12-23-20(30)31-21(2,3)4/h13,16H,7-12,14H2,1-6H3,(H,23,30). The van der Waals surface area contributed by atoms with Crippen LogP contribution in [-0.2, 0) is 22.5 Å². The molecule has 172 valence electrons. The van der Waals surface area contributed by atoms with Gasteiger partial charge in [0.25, 0.3) is 5.91 Å². The second-order valence-electron chi connectivity index (χ2n) is 10.2. The Bertz CT molecular complexity index is 855. The molecule has 3 rings (SSSR count). The predicted molar refractivity (Wildman–Crippen MR) is 116 cm³/mol. The third kappa shape index (κ3) is 5.37. The van der Waals surface area contributed by atoms with Crippen LogP contribution in [0.5, 0.6) is 0 Å². The molecule has 0 aromatic carbocycles. The first-order valence-corrected chi connectivity index (χ1v) is 11.0. The molecular weight excluding hydrogens is 398 g/mol. The second kappa shape index (κ2) is 8.51. The maximum atomic E-state index is 13.4. The van der Waals surface area contributed by atoms with E-state index in [0.717, 1.165) is 12.1 Å². The Morgan fingerprint density at radius 3 is 2.55 bits per heavy atom. The number of hydrogen-bond acceptors (Lipinski definition) is 5. The number of carbonyl (C=O) groups is 3. The molecule has 1 unspecified atom stereocenters. The third-order valence-corrected chi connectivity index (χ3v) is 5.94. The molecule has 1 aromatic rings. The van der Waals surface area contributed by atoms with Crippen LogP contribution >= 0.6 is 0 Å². The van der Waals surface area contributed by atoms with Gasteiger partial charge in [0.05, 0.1) is 23.0 Å². The van der Waals surface area contributed by atoms with Gasteiger partial charge in [-0.1, -0.05) is 0 Å². The van der Waals surface area contributed by atoms with Crippen molar-refractivity contribution in [3.63, 3.8) is 0 Å². The van der Waals surface area contributed by atoms with E-state index in [2.05, 4.69) is 10.4 Å². The van der Waals surface area contributed by atoms with Gasteiger partial charge in [0.2, 0.25) is 5.91 Å². The Morgan fingerprint density at radius 1 is 1.23 bits per heavy atom. The summed E-state index contributed by atoms with van der Waals surface area (Å²) in [6, 6.07) is 0. The van der Waals surface area contributed by atoms with E-state index in [1.807, 2.05) is 44.2 Å². The van der Waals surface area contributed by atoms with Crippen molar-refractivity contribution in [1.82, 2.24) is 24.9 Å². The van der Waals surface area contributed by atoms with Gasteiger partial charge in [0.1, 0.15) is 5.60 Å². The van der Waals surface area contributed by atoms with E-state index in [9.17, 15) is 14.4 Å². The summed E-state index contributed by atoms with van der Waals surface area (Å²) in [6.07, 6.45) is 2.79. The lowest BCUT2D eigenvalue weighted by atomic mass is 9.92. The molecule has 1 aromatic heterocycles. The quantitative estimate of drug-likeness (QED) is 0.787. The van der Waals surface area contributed by atoms with Gasteiger partial charge in [-0.05, 0) is 53.4 Å². The number of rotatable bonds is 3. The van der Waals surface area contributed by atoms with Crippen molar-refractivity contribution in [3.05, 3.63) is 17.5 Å². The molecule has 0 saturated carbocycles. The number of alkyl carbamates (subject to hydrolysis) is 1. The molecule has 1 N–H and O–H groups in total. The Labute approximate surface area is 184 Å². The molecule has 2 aliphatic heterocycles. The highest BCUT2D eigenvalue weighted by molar-refractivity contribution is 5.96. The van der Waals surface area contributed by atoms with Gasteiger partial charge in [-0.3, -0.25) is 14.3 Å². The number of aromatic nitrogens is 2. The first kappa shape index (κ1) is 23.1. The lowest BCUT2D eigenvalue weighted by Gasteiger charge is -2.47. The number of aryl methyl sites for hydroxylation is 1. The van der Waals surface area contributed by atoms with E-state index in [4.69, 9.17) is 4.74 Å². The monoisotopic (exact) mass is 433 g/mol.